The molecule has 1 fully saturated rings. The van der Waals surface area contributed by atoms with Gasteiger partial charge in [0.2, 0.25) is 21.8 Å². The smallest absolute Gasteiger partial charge is 0.255 e. The van der Waals surface area contributed by atoms with Gasteiger partial charge >= 0.3 is 0 Å². The lowest BCUT2D eigenvalue weighted by Crippen LogP contribution is -2.28. The topological polar surface area (TPSA) is 113 Å². The normalized spacial score (nSPS) is 14.2. The van der Waals surface area contributed by atoms with Gasteiger partial charge in [0, 0.05) is 24.1 Å². The Labute approximate surface area is 162 Å². The largest absolute Gasteiger partial charge is 0.322 e. The van der Waals surface area contributed by atoms with Crippen LogP contribution in [-0.2, 0) is 26.2 Å². The molecule has 3 amide bonds. The van der Waals surface area contributed by atoms with Gasteiger partial charge in [-0.2, -0.15) is 0 Å². The SMILES string of the molecule is CS(=O)(=O)Nc1cccc(NC(=O)c2ccc(CN3C(=O)CCC3=O)cc2)c1. The van der Waals surface area contributed by atoms with Crippen molar-refractivity contribution in [3.63, 3.8) is 0 Å². The fraction of sp³-hybridized carbons (Fsp3) is 0.211. The Kier molecular flexibility index (Phi) is 5.46. The van der Waals surface area contributed by atoms with Gasteiger partial charge < -0.3 is 5.32 Å². The van der Waals surface area contributed by atoms with Crippen molar-refractivity contribution in [3.8, 4) is 0 Å². The minimum atomic E-state index is -3.41. The summed E-state index contributed by atoms with van der Waals surface area (Å²) >= 11 is 0. The molecule has 3 rings (SSSR count). The molecule has 0 radical (unpaired) electrons. The molecule has 0 atom stereocenters. The number of nitrogens with zero attached hydrogens (tertiary/aromatic N) is 1. The third kappa shape index (κ3) is 4.95. The van der Waals surface area contributed by atoms with Crippen LogP contribution in [-0.4, -0.2) is 37.3 Å². The van der Waals surface area contributed by atoms with Crippen molar-refractivity contribution in [2.24, 2.45) is 0 Å². The molecule has 8 nitrogen and oxygen atoms in total. The number of sulfonamides is 1. The Morgan fingerprint density at radius 2 is 1.61 bits per heavy atom. The van der Waals surface area contributed by atoms with Crippen molar-refractivity contribution < 1.29 is 22.8 Å². The molecule has 28 heavy (non-hydrogen) atoms. The van der Waals surface area contributed by atoms with Crippen LogP contribution in [0.2, 0.25) is 0 Å². The van der Waals surface area contributed by atoms with Gasteiger partial charge in [-0.25, -0.2) is 8.42 Å². The number of hydrogen-bond donors (Lipinski definition) is 2. The second kappa shape index (κ2) is 7.81. The molecular formula is C19H19N3O5S. The minimum Gasteiger partial charge on any atom is -0.322 e. The standard InChI is InChI=1S/C19H19N3O5S/c1-28(26,27)21-16-4-2-3-15(11-16)20-19(25)14-7-5-13(6-8-14)12-22-17(23)9-10-18(22)24/h2-8,11,21H,9-10,12H2,1H3,(H,20,25). The van der Waals surface area contributed by atoms with E-state index in [-0.39, 0.29) is 37.1 Å². The maximum atomic E-state index is 12.4. The van der Waals surface area contributed by atoms with Gasteiger partial charge in [-0.05, 0) is 35.9 Å². The number of imide groups is 1. The zero-order valence-electron chi connectivity index (χ0n) is 15.1. The molecule has 1 aliphatic heterocycles. The summed E-state index contributed by atoms with van der Waals surface area (Å²) in [6.45, 7) is 0.193. The van der Waals surface area contributed by atoms with E-state index in [1.165, 1.54) is 11.0 Å². The summed E-state index contributed by atoms with van der Waals surface area (Å²) in [6, 6.07) is 12.9. The first kappa shape index (κ1) is 19.6. The lowest BCUT2D eigenvalue weighted by atomic mass is 10.1. The summed E-state index contributed by atoms with van der Waals surface area (Å²) in [5.74, 6) is -0.736. The zero-order chi connectivity index (χ0) is 20.3. The van der Waals surface area contributed by atoms with Gasteiger partial charge in [0.25, 0.3) is 5.91 Å². The van der Waals surface area contributed by atoms with E-state index in [9.17, 15) is 22.8 Å². The molecule has 0 aromatic heterocycles. The molecular weight excluding hydrogens is 382 g/mol. The van der Waals surface area contributed by atoms with Crippen LogP contribution in [0.15, 0.2) is 48.5 Å². The first-order chi connectivity index (χ1) is 13.2. The van der Waals surface area contributed by atoms with Crippen LogP contribution in [0.4, 0.5) is 11.4 Å². The second-order valence-electron chi connectivity index (χ2n) is 6.48. The zero-order valence-corrected chi connectivity index (χ0v) is 16.0. The van der Waals surface area contributed by atoms with Gasteiger partial charge in [0.05, 0.1) is 18.5 Å². The van der Waals surface area contributed by atoms with Crippen LogP contribution in [0.1, 0.15) is 28.8 Å². The Morgan fingerprint density at radius 3 is 2.21 bits per heavy atom. The quantitative estimate of drug-likeness (QED) is 0.719. The fourth-order valence-corrected chi connectivity index (χ4v) is 3.38. The van der Waals surface area contributed by atoms with Crippen molar-refractivity contribution in [1.82, 2.24) is 4.90 Å². The van der Waals surface area contributed by atoms with Crippen LogP contribution < -0.4 is 10.0 Å². The molecule has 1 heterocycles. The summed E-state index contributed by atoms with van der Waals surface area (Å²) in [6.07, 6.45) is 1.53. The molecule has 146 valence electrons. The van der Waals surface area contributed by atoms with E-state index in [2.05, 4.69) is 10.0 Å². The molecule has 1 saturated heterocycles. The number of carbonyl (C=O) groups excluding carboxylic acids is 3. The van der Waals surface area contributed by atoms with Crippen LogP contribution >= 0.6 is 0 Å². The molecule has 2 N–H and O–H groups in total. The van der Waals surface area contributed by atoms with E-state index in [0.29, 0.717) is 16.9 Å². The van der Waals surface area contributed by atoms with E-state index in [1.54, 1.807) is 42.5 Å². The van der Waals surface area contributed by atoms with Crippen LogP contribution in [0.5, 0.6) is 0 Å². The van der Waals surface area contributed by atoms with Crippen molar-refractivity contribution >= 4 is 39.1 Å². The third-order valence-corrected chi connectivity index (χ3v) is 4.74. The number of rotatable bonds is 6. The number of nitrogens with one attached hydrogen (secondary N) is 2. The highest BCUT2D eigenvalue weighted by Gasteiger charge is 2.28. The molecule has 0 spiro atoms. The summed E-state index contributed by atoms with van der Waals surface area (Å²) in [5, 5.41) is 2.70. The molecule has 0 aliphatic carbocycles. The molecule has 9 heteroatoms. The molecule has 0 saturated carbocycles. The molecule has 0 unspecified atom stereocenters. The van der Waals surface area contributed by atoms with E-state index >= 15 is 0 Å². The van der Waals surface area contributed by atoms with Crippen molar-refractivity contribution in [2.75, 3.05) is 16.3 Å². The molecule has 2 aromatic rings. The first-order valence-corrected chi connectivity index (χ1v) is 10.4. The highest BCUT2D eigenvalue weighted by atomic mass is 32.2. The number of amides is 3. The van der Waals surface area contributed by atoms with Gasteiger partial charge in [0.1, 0.15) is 0 Å². The van der Waals surface area contributed by atoms with E-state index in [1.807, 2.05) is 0 Å². The van der Waals surface area contributed by atoms with Gasteiger partial charge in [0.15, 0.2) is 0 Å². The number of hydrogen-bond acceptors (Lipinski definition) is 5. The summed E-state index contributed by atoms with van der Waals surface area (Å²) < 4.78 is 25.0. The number of benzene rings is 2. The second-order valence-corrected chi connectivity index (χ2v) is 8.23. The Balaban J connectivity index is 1.66. The van der Waals surface area contributed by atoms with Gasteiger partial charge in [-0.15, -0.1) is 0 Å². The maximum Gasteiger partial charge on any atom is 0.255 e. The maximum absolute atomic E-state index is 12.4. The van der Waals surface area contributed by atoms with Gasteiger partial charge in [-0.1, -0.05) is 18.2 Å². The van der Waals surface area contributed by atoms with E-state index in [0.717, 1.165) is 11.8 Å². The third-order valence-electron chi connectivity index (χ3n) is 4.14. The lowest BCUT2D eigenvalue weighted by Gasteiger charge is -2.14. The number of anilines is 2. The summed E-state index contributed by atoms with van der Waals surface area (Å²) in [7, 11) is -3.41. The molecule has 2 aromatic carbocycles. The van der Waals surface area contributed by atoms with E-state index < -0.39 is 10.0 Å². The lowest BCUT2D eigenvalue weighted by molar-refractivity contribution is -0.139. The van der Waals surface area contributed by atoms with E-state index in [4.69, 9.17) is 0 Å². The minimum absolute atomic E-state index is 0.186. The van der Waals surface area contributed by atoms with Crippen LogP contribution in [0, 0.1) is 0 Å². The summed E-state index contributed by atoms with van der Waals surface area (Å²) in [5.41, 5.74) is 1.93. The van der Waals surface area contributed by atoms with Gasteiger partial charge in [-0.3, -0.25) is 24.0 Å². The Hall–Kier alpha value is -3.20. The van der Waals surface area contributed by atoms with Crippen molar-refractivity contribution in [2.45, 2.75) is 19.4 Å². The highest BCUT2D eigenvalue weighted by molar-refractivity contribution is 7.92. The van der Waals surface area contributed by atoms with Crippen LogP contribution in [0.3, 0.4) is 0 Å². The van der Waals surface area contributed by atoms with Crippen molar-refractivity contribution in [3.05, 3.63) is 59.7 Å². The average molecular weight is 401 g/mol. The summed E-state index contributed by atoms with van der Waals surface area (Å²) in [4.78, 5) is 37.0. The average Bonchev–Trinajstić information content (AvgIpc) is 2.93. The fourth-order valence-electron chi connectivity index (χ4n) is 2.82. The van der Waals surface area contributed by atoms with Crippen molar-refractivity contribution in [1.29, 1.82) is 0 Å². The van der Waals surface area contributed by atoms with Crippen LogP contribution in [0.25, 0.3) is 0 Å². The molecule has 0 bridgehead atoms. The highest BCUT2D eigenvalue weighted by Crippen LogP contribution is 2.19. The number of likely N-dealkylation sites (tertiary alicyclic amines) is 1. The first-order valence-electron chi connectivity index (χ1n) is 8.52. The predicted molar refractivity (Wildman–Crippen MR) is 104 cm³/mol. The predicted octanol–water partition coefficient (Wildman–Crippen LogP) is 1.96. The Bertz CT molecular complexity index is 1020. The molecule has 1 aliphatic rings. The Morgan fingerprint density at radius 1 is 1.00 bits per heavy atom. The monoisotopic (exact) mass is 401 g/mol. The number of carbonyl (C=O) groups is 3.